The standard InChI is InChI=1S/C30H37.2ClH.Zr/c1-28(2,3)21-12-10-19(14-21)25-17-23(30(7,8)9)18-27-24-16-22(29(4,5)6)13-11-20(24)15-26(25)27;;;/h11-18H,10H2,1-9H3;2*1H;/q-1;;;+3/p-2. The monoisotopic (exact) mass is 557 g/mol. The molecule has 0 bridgehead atoms. The fourth-order valence-electron chi connectivity index (χ4n) is 4.50. The Morgan fingerprint density at radius 2 is 1.27 bits per heavy atom. The normalized spacial score (nSPS) is 14.3. The summed E-state index contributed by atoms with van der Waals surface area (Å²) in [6.45, 7) is 20.8. The van der Waals surface area contributed by atoms with Gasteiger partial charge < -0.3 is 24.8 Å². The smallest absolute Gasteiger partial charge is 1.00 e. The quantitative estimate of drug-likeness (QED) is 0.402. The molecular weight excluding hydrogens is 522 g/mol. The number of fused-ring (bicyclic) bond motifs is 3. The van der Waals surface area contributed by atoms with Crippen LogP contribution in [0.15, 0.2) is 54.1 Å². The van der Waals surface area contributed by atoms with E-state index in [1.165, 1.54) is 49.4 Å². The third kappa shape index (κ3) is 5.91. The molecule has 0 amide bonds. The van der Waals surface area contributed by atoms with Crippen molar-refractivity contribution in [3.63, 3.8) is 0 Å². The van der Waals surface area contributed by atoms with E-state index in [4.69, 9.17) is 0 Å². The van der Waals surface area contributed by atoms with E-state index >= 15 is 0 Å². The van der Waals surface area contributed by atoms with E-state index in [9.17, 15) is 0 Å². The Morgan fingerprint density at radius 1 is 0.697 bits per heavy atom. The van der Waals surface area contributed by atoms with Gasteiger partial charge in [0.05, 0.1) is 0 Å². The second kappa shape index (κ2) is 10.1. The first kappa shape index (κ1) is 30.3. The largest absolute Gasteiger partial charge is 3.00 e. The SMILES string of the molecule is CC(C)(C)C1=CCC(c2cc(C(C)(C)C)cc3c2[cH-]c2ccc(C(C)(C)C)cc23)=C1.[Cl-].[Cl-].[Zr+3]. The molecule has 33 heavy (non-hydrogen) atoms. The second-order valence-electron chi connectivity index (χ2n) is 12.2. The number of benzene rings is 2. The molecule has 0 heterocycles. The second-order valence-corrected chi connectivity index (χ2v) is 12.2. The molecule has 0 saturated carbocycles. The zero-order valence-corrected chi connectivity index (χ0v) is 25.6. The minimum Gasteiger partial charge on any atom is -1.00 e. The minimum atomic E-state index is 0. The summed E-state index contributed by atoms with van der Waals surface area (Å²) < 4.78 is 0. The summed E-state index contributed by atoms with van der Waals surface area (Å²) in [7, 11) is 0. The number of hydrogen-bond acceptors (Lipinski definition) is 0. The van der Waals surface area contributed by atoms with E-state index in [1.807, 2.05) is 0 Å². The average Bonchev–Trinajstić information content (AvgIpc) is 3.23. The maximum atomic E-state index is 2.46. The topological polar surface area (TPSA) is 0 Å². The first-order valence-corrected chi connectivity index (χ1v) is 11.3. The fourth-order valence-corrected chi connectivity index (χ4v) is 4.50. The van der Waals surface area contributed by atoms with Gasteiger partial charge in [0.1, 0.15) is 0 Å². The molecule has 3 aromatic rings. The molecule has 0 nitrogen and oxygen atoms in total. The number of hydrogen-bond donors (Lipinski definition) is 0. The van der Waals surface area contributed by atoms with Crippen LogP contribution in [0.2, 0.25) is 0 Å². The fraction of sp³-hybridized carbons (Fsp3) is 0.433. The van der Waals surface area contributed by atoms with Crippen molar-refractivity contribution >= 4 is 27.1 Å². The Labute approximate surface area is 232 Å². The third-order valence-electron chi connectivity index (χ3n) is 6.64. The maximum absolute atomic E-state index is 2.46. The van der Waals surface area contributed by atoms with Gasteiger partial charge >= 0.3 is 26.2 Å². The summed E-state index contributed by atoms with van der Waals surface area (Å²) in [4.78, 5) is 0. The van der Waals surface area contributed by atoms with Crippen LogP contribution in [0.1, 0.15) is 85.4 Å². The molecule has 0 N–H and O–H groups in total. The van der Waals surface area contributed by atoms with E-state index in [0.717, 1.165) is 6.42 Å². The zero-order valence-electron chi connectivity index (χ0n) is 21.6. The maximum Gasteiger partial charge on any atom is 3.00 e. The van der Waals surface area contributed by atoms with Crippen molar-refractivity contribution in [3.05, 3.63) is 70.8 Å². The van der Waals surface area contributed by atoms with Gasteiger partial charge in [-0.1, -0.05) is 121 Å². The van der Waals surface area contributed by atoms with Gasteiger partial charge in [0.25, 0.3) is 0 Å². The number of halogens is 2. The summed E-state index contributed by atoms with van der Waals surface area (Å²) in [6, 6.07) is 14.4. The van der Waals surface area contributed by atoms with Crippen LogP contribution in [0, 0.1) is 5.41 Å². The molecule has 3 aromatic carbocycles. The molecule has 0 atom stereocenters. The van der Waals surface area contributed by atoms with Crippen LogP contribution in [0.3, 0.4) is 0 Å². The van der Waals surface area contributed by atoms with Gasteiger partial charge in [-0.2, -0.15) is 0 Å². The van der Waals surface area contributed by atoms with Crippen molar-refractivity contribution in [1.82, 2.24) is 0 Å². The van der Waals surface area contributed by atoms with E-state index < -0.39 is 0 Å². The van der Waals surface area contributed by atoms with E-state index in [1.54, 1.807) is 0 Å². The van der Waals surface area contributed by atoms with Crippen LogP contribution >= 0.6 is 0 Å². The van der Waals surface area contributed by atoms with Crippen molar-refractivity contribution in [2.75, 3.05) is 0 Å². The van der Waals surface area contributed by atoms with E-state index in [0.29, 0.717) is 0 Å². The Balaban J connectivity index is 0.00000181. The van der Waals surface area contributed by atoms with E-state index in [2.05, 4.69) is 111 Å². The number of allylic oxidation sites excluding steroid dienone is 4. The van der Waals surface area contributed by atoms with Crippen LogP contribution < -0.4 is 24.8 Å². The Morgan fingerprint density at radius 3 is 1.79 bits per heavy atom. The van der Waals surface area contributed by atoms with Crippen molar-refractivity contribution in [1.29, 1.82) is 0 Å². The summed E-state index contributed by atoms with van der Waals surface area (Å²) in [6.07, 6.45) is 5.90. The molecule has 1 aliphatic carbocycles. The predicted octanol–water partition coefficient (Wildman–Crippen LogP) is 3.07. The molecule has 0 fully saturated rings. The van der Waals surface area contributed by atoms with Gasteiger partial charge in [0.15, 0.2) is 0 Å². The Kier molecular flexibility index (Phi) is 9.26. The third-order valence-corrected chi connectivity index (χ3v) is 6.64. The predicted molar refractivity (Wildman–Crippen MR) is 135 cm³/mol. The van der Waals surface area contributed by atoms with Gasteiger partial charge in [-0.15, -0.1) is 33.7 Å². The zero-order chi connectivity index (χ0) is 22.1. The Hall–Kier alpha value is -0.747. The molecule has 0 spiro atoms. The van der Waals surface area contributed by atoms with Gasteiger partial charge in [-0.25, -0.2) is 0 Å². The minimum absolute atomic E-state index is 0. The van der Waals surface area contributed by atoms with Crippen LogP contribution in [0.4, 0.5) is 0 Å². The molecule has 1 aliphatic rings. The summed E-state index contributed by atoms with van der Waals surface area (Å²) >= 11 is 0. The number of rotatable bonds is 1. The molecule has 0 saturated heterocycles. The molecule has 3 heteroatoms. The summed E-state index contributed by atoms with van der Waals surface area (Å²) in [5.74, 6) is 0. The van der Waals surface area contributed by atoms with E-state index in [-0.39, 0.29) is 67.3 Å². The van der Waals surface area contributed by atoms with Crippen LogP contribution in [0.25, 0.3) is 27.1 Å². The molecule has 4 rings (SSSR count). The summed E-state index contributed by atoms with van der Waals surface area (Å²) in [5.41, 5.74) is 7.63. The van der Waals surface area contributed by atoms with Crippen LogP contribution in [-0.4, -0.2) is 0 Å². The molecule has 1 radical (unpaired) electrons. The first-order chi connectivity index (χ1) is 13.7. The van der Waals surface area contributed by atoms with Crippen molar-refractivity contribution in [2.45, 2.75) is 79.6 Å². The molecule has 0 unspecified atom stereocenters. The van der Waals surface area contributed by atoms with Crippen molar-refractivity contribution in [2.24, 2.45) is 5.41 Å². The van der Waals surface area contributed by atoms with Gasteiger partial charge in [-0.05, 0) is 28.2 Å². The molecule has 0 aliphatic heterocycles. The van der Waals surface area contributed by atoms with Gasteiger partial charge in [0.2, 0.25) is 0 Å². The van der Waals surface area contributed by atoms with Crippen molar-refractivity contribution in [3.8, 4) is 0 Å². The molecule has 175 valence electrons. The molecule has 0 aromatic heterocycles. The Bertz CT molecular complexity index is 1200. The van der Waals surface area contributed by atoms with Crippen molar-refractivity contribution < 1.29 is 51.0 Å². The first-order valence-electron chi connectivity index (χ1n) is 11.3. The summed E-state index contributed by atoms with van der Waals surface area (Å²) in [5, 5.41) is 5.56. The van der Waals surface area contributed by atoms with Gasteiger partial charge in [-0.3, -0.25) is 0 Å². The van der Waals surface area contributed by atoms with Gasteiger partial charge in [0, 0.05) is 0 Å². The van der Waals surface area contributed by atoms with Crippen LogP contribution in [-0.2, 0) is 37.0 Å². The average molecular weight is 560 g/mol. The van der Waals surface area contributed by atoms with Crippen LogP contribution in [0.5, 0.6) is 0 Å². The molecular formula is C30H37Cl2Zr.